The number of hydrogen-bond donors (Lipinski definition) is 2. The van der Waals surface area contributed by atoms with Gasteiger partial charge >= 0.3 is 0 Å². The number of methoxy groups -OCH3 is 1. The first-order valence-electron chi connectivity index (χ1n) is 8.63. The normalized spacial score (nSPS) is 16.1. The maximum Gasteiger partial charge on any atom is 0.252 e. The van der Waals surface area contributed by atoms with Gasteiger partial charge in [0, 0.05) is 37.6 Å². The predicted octanol–water partition coefficient (Wildman–Crippen LogP) is 1.71. The van der Waals surface area contributed by atoms with Gasteiger partial charge in [0.2, 0.25) is 0 Å². The highest BCUT2D eigenvalue weighted by Crippen LogP contribution is 2.28. The van der Waals surface area contributed by atoms with Gasteiger partial charge in [0.1, 0.15) is 0 Å². The fourth-order valence-electron chi connectivity index (χ4n) is 3.60. The molecule has 2 aromatic rings. The first-order chi connectivity index (χ1) is 12.1. The largest absolute Gasteiger partial charge is 0.384 e. The minimum absolute atomic E-state index is 0. The predicted molar refractivity (Wildman–Crippen MR) is 105 cm³/mol. The molecule has 1 saturated heterocycles. The van der Waals surface area contributed by atoms with Crippen molar-refractivity contribution in [2.24, 2.45) is 12.5 Å². The maximum atomic E-state index is 12.8. The Morgan fingerprint density at radius 2 is 2.00 bits per heavy atom. The van der Waals surface area contributed by atoms with Crippen molar-refractivity contribution in [1.82, 2.24) is 15.2 Å². The van der Waals surface area contributed by atoms with E-state index in [0.29, 0.717) is 18.7 Å². The number of nitrogens with zero attached hydrogens (tertiary/aromatic N) is 1. The number of ether oxygens (including phenoxy) is 1. The molecule has 0 aliphatic carbocycles. The monoisotopic (exact) mass is 379 g/mol. The molecule has 0 spiro atoms. The van der Waals surface area contributed by atoms with E-state index >= 15 is 0 Å². The van der Waals surface area contributed by atoms with Gasteiger partial charge in [0.05, 0.1) is 17.7 Å². The van der Waals surface area contributed by atoms with E-state index in [1.54, 1.807) is 18.7 Å². The van der Waals surface area contributed by atoms with Crippen LogP contribution in [0.4, 0.5) is 0 Å². The minimum atomic E-state index is -0.206. The third-order valence-electron chi connectivity index (χ3n) is 5.14. The van der Waals surface area contributed by atoms with Gasteiger partial charge in [-0.1, -0.05) is 18.2 Å². The molecule has 2 heterocycles. The van der Waals surface area contributed by atoms with Crippen LogP contribution in [0, 0.1) is 5.41 Å². The summed E-state index contributed by atoms with van der Waals surface area (Å²) in [5.41, 5.74) is 0.955. The van der Waals surface area contributed by atoms with E-state index in [2.05, 4.69) is 10.6 Å². The van der Waals surface area contributed by atoms with E-state index in [4.69, 9.17) is 4.74 Å². The number of fused-ring (bicyclic) bond motifs is 1. The first kappa shape index (κ1) is 20.4. The number of para-hydroxylation sites is 1. The van der Waals surface area contributed by atoms with E-state index in [1.165, 1.54) is 6.07 Å². The lowest BCUT2D eigenvalue weighted by atomic mass is 9.79. The lowest BCUT2D eigenvalue weighted by molar-refractivity contribution is 0.0512. The number of aromatic nitrogens is 1. The van der Waals surface area contributed by atoms with Gasteiger partial charge in [0.15, 0.2) is 0 Å². The number of carbonyl (C=O) groups is 1. The second-order valence-electron chi connectivity index (χ2n) is 6.84. The van der Waals surface area contributed by atoms with Gasteiger partial charge in [-0.2, -0.15) is 0 Å². The van der Waals surface area contributed by atoms with Gasteiger partial charge < -0.3 is 19.9 Å². The molecule has 2 N–H and O–H groups in total. The molecule has 0 radical (unpaired) electrons. The Bertz CT molecular complexity index is 823. The van der Waals surface area contributed by atoms with Crippen molar-refractivity contribution in [2.75, 3.05) is 33.4 Å². The van der Waals surface area contributed by atoms with Crippen LogP contribution in [0.3, 0.4) is 0 Å². The molecule has 142 valence electrons. The molecular formula is C19H26ClN3O3. The molecule has 26 heavy (non-hydrogen) atoms. The van der Waals surface area contributed by atoms with Crippen LogP contribution < -0.4 is 16.2 Å². The van der Waals surface area contributed by atoms with Crippen LogP contribution in [0.2, 0.25) is 0 Å². The summed E-state index contributed by atoms with van der Waals surface area (Å²) in [4.78, 5) is 25.0. The number of nitrogens with one attached hydrogen (secondary N) is 2. The molecule has 1 aliphatic rings. The zero-order valence-electron chi connectivity index (χ0n) is 15.2. The highest BCUT2D eigenvalue weighted by Gasteiger charge is 2.32. The van der Waals surface area contributed by atoms with Gasteiger partial charge in [0.25, 0.3) is 11.5 Å². The molecule has 1 aromatic carbocycles. The number of piperidine rings is 1. The summed E-state index contributed by atoms with van der Waals surface area (Å²) in [6.45, 7) is 3.01. The summed E-state index contributed by atoms with van der Waals surface area (Å²) >= 11 is 0. The number of rotatable bonds is 5. The summed E-state index contributed by atoms with van der Waals surface area (Å²) in [7, 11) is 3.41. The Balaban J connectivity index is 0.00000243. The molecule has 0 bridgehead atoms. The number of pyridine rings is 1. The standard InChI is InChI=1S/C19H25N3O3.ClH/c1-22-16-6-4-3-5-14(16)15(11-17(22)23)18(24)21-12-19(13-25-2)7-9-20-10-8-19;/h3-6,11,20H,7-10,12-13H2,1-2H3,(H,21,24);1H. The van der Waals surface area contributed by atoms with Gasteiger partial charge in [-0.15, -0.1) is 12.4 Å². The third-order valence-corrected chi connectivity index (χ3v) is 5.14. The number of carbonyl (C=O) groups excluding carboxylic acids is 1. The van der Waals surface area contributed by atoms with E-state index in [1.807, 2.05) is 24.3 Å². The first-order valence-corrected chi connectivity index (χ1v) is 8.63. The summed E-state index contributed by atoms with van der Waals surface area (Å²) in [5, 5.41) is 7.17. The minimum Gasteiger partial charge on any atom is -0.384 e. The summed E-state index contributed by atoms with van der Waals surface area (Å²) in [5.74, 6) is -0.206. The Kier molecular flexibility index (Phi) is 6.81. The van der Waals surface area contributed by atoms with Gasteiger partial charge in [-0.3, -0.25) is 9.59 Å². The third kappa shape index (κ3) is 4.09. The number of amides is 1. The molecule has 0 unspecified atom stereocenters. The molecule has 1 aromatic heterocycles. The van der Waals surface area contributed by atoms with E-state index in [-0.39, 0.29) is 29.3 Å². The molecular weight excluding hydrogens is 354 g/mol. The average Bonchev–Trinajstić information content (AvgIpc) is 2.64. The van der Waals surface area contributed by atoms with Crippen molar-refractivity contribution in [3.63, 3.8) is 0 Å². The Labute approximate surface area is 159 Å². The Morgan fingerprint density at radius 1 is 1.31 bits per heavy atom. The molecule has 1 amide bonds. The van der Waals surface area contributed by atoms with E-state index < -0.39 is 0 Å². The fourth-order valence-corrected chi connectivity index (χ4v) is 3.60. The summed E-state index contributed by atoms with van der Waals surface area (Å²) < 4.78 is 6.96. The molecule has 0 saturated carbocycles. The van der Waals surface area contributed by atoms with Crippen LogP contribution in [-0.2, 0) is 11.8 Å². The van der Waals surface area contributed by atoms with Gasteiger partial charge in [-0.05, 0) is 32.0 Å². The highest BCUT2D eigenvalue weighted by molar-refractivity contribution is 6.06. The SMILES string of the molecule is COCC1(CNC(=O)c2cc(=O)n(C)c3ccccc23)CCNCC1.Cl. The zero-order chi connectivity index (χ0) is 17.9. The van der Waals surface area contributed by atoms with Crippen LogP contribution in [-0.4, -0.2) is 43.8 Å². The summed E-state index contributed by atoms with van der Waals surface area (Å²) in [6, 6.07) is 8.89. The smallest absolute Gasteiger partial charge is 0.252 e. The highest BCUT2D eigenvalue weighted by atomic mass is 35.5. The lowest BCUT2D eigenvalue weighted by Gasteiger charge is -2.37. The van der Waals surface area contributed by atoms with Crippen molar-refractivity contribution >= 4 is 29.2 Å². The van der Waals surface area contributed by atoms with E-state index in [0.717, 1.165) is 36.8 Å². The number of benzene rings is 1. The quantitative estimate of drug-likeness (QED) is 0.829. The van der Waals surface area contributed by atoms with Crippen LogP contribution in [0.25, 0.3) is 10.9 Å². The van der Waals surface area contributed by atoms with Crippen LogP contribution in [0.5, 0.6) is 0 Å². The van der Waals surface area contributed by atoms with Crippen LogP contribution >= 0.6 is 12.4 Å². The summed E-state index contributed by atoms with van der Waals surface area (Å²) in [6.07, 6.45) is 1.91. The average molecular weight is 380 g/mol. The second kappa shape index (κ2) is 8.66. The lowest BCUT2D eigenvalue weighted by Crippen LogP contribution is -2.47. The molecule has 3 rings (SSSR count). The van der Waals surface area contributed by atoms with Crippen molar-refractivity contribution in [1.29, 1.82) is 0 Å². The Hall–Kier alpha value is -1.89. The number of halogens is 1. The van der Waals surface area contributed by atoms with Gasteiger partial charge in [-0.25, -0.2) is 0 Å². The molecule has 7 heteroatoms. The molecule has 1 aliphatic heterocycles. The Morgan fingerprint density at radius 3 is 2.69 bits per heavy atom. The molecule has 1 fully saturated rings. The van der Waals surface area contributed by atoms with Crippen LogP contribution in [0.1, 0.15) is 23.2 Å². The molecule has 6 nitrogen and oxygen atoms in total. The van der Waals surface area contributed by atoms with Crippen molar-refractivity contribution in [3.8, 4) is 0 Å². The maximum absolute atomic E-state index is 12.8. The number of aryl methyl sites for hydroxylation is 1. The zero-order valence-corrected chi connectivity index (χ0v) is 16.0. The van der Waals surface area contributed by atoms with Crippen LogP contribution in [0.15, 0.2) is 35.1 Å². The number of hydrogen-bond acceptors (Lipinski definition) is 4. The van der Waals surface area contributed by atoms with E-state index in [9.17, 15) is 9.59 Å². The van der Waals surface area contributed by atoms with Crippen molar-refractivity contribution in [2.45, 2.75) is 12.8 Å². The van der Waals surface area contributed by atoms with Crippen molar-refractivity contribution in [3.05, 3.63) is 46.2 Å². The topological polar surface area (TPSA) is 72.4 Å². The molecule has 0 atom stereocenters. The fraction of sp³-hybridized carbons (Fsp3) is 0.474. The van der Waals surface area contributed by atoms with Crippen molar-refractivity contribution < 1.29 is 9.53 Å². The second-order valence-corrected chi connectivity index (χ2v) is 6.84.